The Labute approximate surface area is 112 Å². The van der Waals surface area contributed by atoms with Crippen molar-refractivity contribution in [3.05, 3.63) is 0 Å². The Morgan fingerprint density at radius 1 is 1.28 bits per heavy atom. The molecule has 1 heterocycles. The molecule has 0 spiro atoms. The summed E-state index contributed by atoms with van der Waals surface area (Å²) in [7, 11) is 0. The van der Waals surface area contributed by atoms with Crippen LogP contribution >= 0.6 is 0 Å². The zero-order valence-electron chi connectivity index (χ0n) is 12.7. The zero-order chi connectivity index (χ0) is 13.7. The summed E-state index contributed by atoms with van der Waals surface area (Å²) in [6, 6.07) is 0.480. The van der Waals surface area contributed by atoms with Crippen molar-refractivity contribution < 1.29 is 4.79 Å². The van der Waals surface area contributed by atoms with Crippen molar-refractivity contribution in [2.24, 2.45) is 17.8 Å². The summed E-state index contributed by atoms with van der Waals surface area (Å²) >= 11 is 0. The SMILES string of the molecule is CCCNC1CC(C(C)C)CN(C(=O)C(C)C)C1. The van der Waals surface area contributed by atoms with Gasteiger partial charge in [0.2, 0.25) is 5.91 Å². The number of carbonyl (C=O) groups excluding carboxylic acids is 1. The van der Waals surface area contributed by atoms with Gasteiger partial charge >= 0.3 is 0 Å². The second kappa shape index (κ2) is 7.13. The van der Waals surface area contributed by atoms with Crippen LogP contribution < -0.4 is 5.32 Å². The topological polar surface area (TPSA) is 32.3 Å². The first-order valence-electron chi connectivity index (χ1n) is 7.47. The van der Waals surface area contributed by atoms with E-state index in [0.29, 0.717) is 23.8 Å². The first-order chi connectivity index (χ1) is 8.45. The van der Waals surface area contributed by atoms with Gasteiger partial charge in [-0.2, -0.15) is 0 Å². The Morgan fingerprint density at radius 3 is 2.44 bits per heavy atom. The number of nitrogens with zero attached hydrogens (tertiary/aromatic N) is 1. The molecule has 0 radical (unpaired) electrons. The molecule has 0 saturated carbocycles. The second-order valence-electron chi connectivity index (χ2n) is 6.29. The molecular formula is C15H30N2O. The number of amides is 1. The summed E-state index contributed by atoms with van der Waals surface area (Å²) in [4.78, 5) is 14.3. The van der Waals surface area contributed by atoms with Gasteiger partial charge in [-0.1, -0.05) is 34.6 Å². The van der Waals surface area contributed by atoms with Gasteiger partial charge < -0.3 is 10.2 Å². The lowest BCUT2D eigenvalue weighted by atomic mass is 9.85. The number of likely N-dealkylation sites (tertiary alicyclic amines) is 1. The highest BCUT2D eigenvalue weighted by Gasteiger charge is 2.31. The molecule has 1 aliphatic rings. The molecule has 0 aliphatic carbocycles. The number of carbonyl (C=O) groups is 1. The third kappa shape index (κ3) is 4.27. The largest absolute Gasteiger partial charge is 0.341 e. The molecule has 1 fully saturated rings. The fourth-order valence-corrected chi connectivity index (χ4v) is 2.66. The maximum atomic E-state index is 12.2. The average Bonchev–Trinajstić information content (AvgIpc) is 2.34. The number of piperidine rings is 1. The van der Waals surface area contributed by atoms with E-state index in [1.165, 1.54) is 6.42 Å². The molecule has 1 rings (SSSR count). The second-order valence-corrected chi connectivity index (χ2v) is 6.29. The van der Waals surface area contributed by atoms with E-state index in [2.05, 4.69) is 31.0 Å². The number of rotatable bonds is 5. The molecule has 2 atom stereocenters. The molecule has 0 bridgehead atoms. The minimum atomic E-state index is 0.114. The van der Waals surface area contributed by atoms with Gasteiger partial charge in [0.1, 0.15) is 0 Å². The standard InChI is InChI=1S/C15H30N2O/c1-6-7-16-14-8-13(11(2)3)9-17(10-14)15(18)12(4)5/h11-14,16H,6-10H2,1-5H3. The molecule has 1 saturated heterocycles. The van der Waals surface area contributed by atoms with Crippen LogP contribution in [0.5, 0.6) is 0 Å². The number of hydrogen-bond acceptors (Lipinski definition) is 2. The van der Waals surface area contributed by atoms with E-state index in [9.17, 15) is 4.79 Å². The molecule has 0 aromatic rings. The van der Waals surface area contributed by atoms with Crippen molar-refractivity contribution in [1.29, 1.82) is 0 Å². The highest BCUT2D eigenvalue weighted by atomic mass is 16.2. The summed E-state index contributed by atoms with van der Waals surface area (Å²) in [6.45, 7) is 13.6. The maximum Gasteiger partial charge on any atom is 0.225 e. The number of nitrogens with one attached hydrogen (secondary N) is 1. The van der Waals surface area contributed by atoms with Gasteiger partial charge in [0.05, 0.1) is 0 Å². The van der Waals surface area contributed by atoms with Gasteiger partial charge in [-0.25, -0.2) is 0 Å². The first kappa shape index (κ1) is 15.5. The van der Waals surface area contributed by atoms with Crippen molar-refractivity contribution in [3.63, 3.8) is 0 Å². The van der Waals surface area contributed by atoms with Gasteiger partial charge in [0.25, 0.3) is 0 Å². The smallest absolute Gasteiger partial charge is 0.225 e. The van der Waals surface area contributed by atoms with Crippen molar-refractivity contribution in [2.75, 3.05) is 19.6 Å². The third-order valence-electron chi connectivity index (χ3n) is 3.91. The average molecular weight is 254 g/mol. The fourth-order valence-electron chi connectivity index (χ4n) is 2.66. The quantitative estimate of drug-likeness (QED) is 0.817. The fraction of sp³-hybridized carbons (Fsp3) is 0.933. The van der Waals surface area contributed by atoms with Crippen LogP contribution in [0.1, 0.15) is 47.5 Å². The Balaban J connectivity index is 2.64. The molecule has 3 heteroatoms. The highest BCUT2D eigenvalue weighted by molar-refractivity contribution is 5.78. The monoisotopic (exact) mass is 254 g/mol. The molecule has 3 nitrogen and oxygen atoms in total. The molecule has 1 aliphatic heterocycles. The van der Waals surface area contributed by atoms with E-state index in [1.807, 2.05) is 13.8 Å². The molecule has 0 aromatic heterocycles. The minimum absolute atomic E-state index is 0.114. The Hall–Kier alpha value is -0.570. The minimum Gasteiger partial charge on any atom is -0.341 e. The first-order valence-corrected chi connectivity index (χ1v) is 7.47. The van der Waals surface area contributed by atoms with E-state index in [-0.39, 0.29) is 5.92 Å². The van der Waals surface area contributed by atoms with Gasteiger partial charge in [-0.05, 0) is 31.2 Å². The van der Waals surface area contributed by atoms with Gasteiger partial charge in [0, 0.05) is 25.0 Å². The normalized spacial score (nSPS) is 24.9. The van der Waals surface area contributed by atoms with E-state index in [1.54, 1.807) is 0 Å². The zero-order valence-corrected chi connectivity index (χ0v) is 12.7. The van der Waals surface area contributed by atoms with Crippen molar-refractivity contribution in [3.8, 4) is 0 Å². The summed E-state index contributed by atoms with van der Waals surface area (Å²) in [5, 5.41) is 3.59. The van der Waals surface area contributed by atoms with Gasteiger partial charge in [-0.3, -0.25) is 4.79 Å². The van der Waals surface area contributed by atoms with Crippen molar-refractivity contribution >= 4 is 5.91 Å². The molecular weight excluding hydrogens is 224 g/mol. The molecule has 0 aromatic carbocycles. The van der Waals surface area contributed by atoms with Crippen LogP contribution in [-0.2, 0) is 4.79 Å². The van der Waals surface area contributed by atoms with Gasteiger partial charge in [-0.15, -0.1) is 0 Å². The molecule has 18 heavy (non-hydrogen) atoms. The van der Waals surface area contributed by atoms with Gasteiger partial charge in [0.15, 0.2) is 0 Å². The summed E-state index contributed by atoms with van der Waals surface area (Å²) in [5.74, 6) is 1.71. The third-order valence-corrected chi connectivity index (χ3v) is 3.91. The Morgan fingerprint density at radius 2 is 1.94 bits per heavy atom. The van der Waals surface area contributed by atoms with E-state index in [0.717, 1.165) is 26.1 Å². The van der Waals surface area contributed by atoms with Crippen LogP contribution in [0.3, 0.4) is 0 Å². The van der Waals surface area contributed by atoms with E-state index < -0.39 is 0 Å². The molecule has 106 valence electrons. The molecule has 1 N–H and O–H groups in total. The predicted octanol–water partition coefficient (Wildman–Crippen LogP) is 2.52. The Kier molecular flexibility index (Phi) is 6.13. The highest BCUT2D eigenvalue weighted by Crippen LogP contribution is 2.25. The van der Waals surface area contributed by atoms with Crippen LogP contribution in [0.2, 0.25) is 0 Å². The predicted molar refractivity (Wildman–Crippen MR) is 76.4 cm³/mol. The lowest BCUT2D eigenvalue weighted by Gasteiger charge is -2.40. The maximum absolute atomic E-state index is 12.2. The van der Waals surface area contributed by atoms with E-state index >= 15 is 0 Å². The van der Waals surface area contributed by atoms with Crippen LogP contribution in [0, 0.1) is 17.8 Å². The molecule has 1 amide bonds. The van der Waals surface area contributed by atoms with Crippen LogP contribution in [0.15, 0.2) is 0 Å². The summed E-state index contributed by atoms with van der Waals surface area (Å²) < 4.78 is 0. The van der Waals surface area contributed by atoms with Crippen LogP contribution in [-0.4, -0.2) is 36.5 Å². The van der Waals surface area contributed by atoms with E-state index in [4.69, 9.17) is 0 Å². The lowest BCUT2D eigenvalue weighted by Crippen LogP contribution is -2.53. The lowest BCUT2D eigenvalue weighted by molar-refractivity contribution is -0.137. The van der Waals surface area contributed by atoms with Crippen LogP contribution in [0.25, 0.3) is 0 Å². The van der Waals surface area contributed by atoms with Crippen LogP contribution in [0.4, 0.5) is 0 Å². The van der Waals surface area contributed by atoms with Crippen molar-refractivity contribution in [1.82, 2.24) is 10.2 Å². The molecule has 2 unspecified atom stereocenters. The van der Waals surface area contributed by atoms with Crippen molar-refractivity contribution in [2.45, 2.75) is 53.5 Å². The number of hydrogen-bond donors (Lipinski definition) is 1. The Bertz CT molecular complexity index is 263. The summed E-state index contributed by atoms with van der Waals surface area (Å²) in [5.41, 5.74) is 0. The summed E-state index contributed by atoms with van der Waals surface area (Å²) in [6.07, 6.45) is 2.36.